The molecule has 0 aromatic heterocycles. The van der Waals surface area contributed by atoms with Gasteiger partial charge in [-0.05, 0) is 51.9 Å². The van der Waals surface area contributed by atoms with Gasteiger partial charge < -0.3 is 19.6 Å². The Morgan fingerprint density at radius 2 is 1.78 bits per heavy atom. The Morgan fingerprint density at radius 1 is 1.06 bits per heavy atom. The van der Waals surface area contributed by atoms with Crippen molar-refractivity contribution in [3.05, 3.63) is 24.3 Å². The number of aliphatic hydroxyl groups is 1. The zero-order valence-electron chi connectivity index (χ0n) is 22.6. The second kappa shape index (κ2) is 9.50. The fraction of sp³-hybridized carbons (Fsp3) is 0.750. The van der Waals surface area contributed by atoms with Gasteiger partial charge in [0, 0.05) is 23.4 Å². The van der Waals surface area contributed by atoms with Crippen LogP contribution in [0, 0.1) is 17.3 Å². The van der Waals surface area contributed by atoms with Crippen molar-refractivity contribution in [3.8, 4) is 0 Å². The lowest BCUT2D eigenvalue weighted by atomic mass is 9.74. The highest BCUT2D eigenvalue weighted by molar-refractivity contribution is 8.02. The predicted molar refractivity (Wildman–Crippen MR) is 141 cm³/mol. The number of fused-ring (bicyclic) bond motifs is 2. The number of carbonyl (C=O) groups is 3. The van der Waals surface area contributed by atoms with Gasteiger partial charge >= 0.3 is 5.97 Å². The maximum absolute atomic E-state index is 14.4. The summed E-state index contributed by atoms with van der Waals surface area (Å²) in [5.41, 5.74) is -0.441. The van der Waals surface area contributed by atoms with E-state index in [0.717, 1.165) is 25.7 Å². The maximum atomic E-state index is 14.4. The first kappa shape index (κ1) is 27.2. The molecular weight excluding hydrogens is 476 g/mol. The largest absolute Gasteiger partial charge is 0.465 e. The summed E-state index contributed by atoms with van der Waals surface area (Å²) in [6.45, 7) is 13.2. The van der Waals surface area contributed by atoms with Crippen molar-refractivity contribution in [1.82, 2.24) is 9.80 Å². The fourth-order valence-corrected chi connectivity index (χ4v) is 9.24. The average molecular weight is 519 g/mol. The van der Waals surface area contributed by atoms with Crippen LogP contribution >= 0.6 is 11.8 Å². The Hall–Kier alpha value is -1.80. The summed E-state index contributed by atoms with van der Waals surface area (Å²) >= 11 is 1.55. The highest BCUT2D eigenvalue weighted by Crippen LogP contribution is 2.65. The third-order valence-corrected chi connectivity index (χ3v) is 9.83. The number of likely N-dealkylation sites (tertiary alicyclic amines) is 1. The van der Waals surface area contributed by atoms with Crippen LogP contribution in [0.25, 0.3) is 0 Å². The van der Waals surface area contributed by atoms with Gasteiger partial charge in [0.2, 0.25) is 11.8 Å². The SMILES string of the molecule is CC(C)(C)CC(C)(C)N1CC=C[C@]23S[C@]4(C)/C=C\CCCCOC(=O)[C@@H]4[C@H]2C(=O)N(CCO)C3C1=O. The van der Waals surface area contributed by atoms with E-state index in [1.54, 1.807) is 11.8 Å². The summed E-state index contributed by atoms with van der Waals surface area (Å²) in [4.78, 5) is 45.4. The quantitative estimate of drug-likeness (QED) is 0.452. The van der Waals surface area contributed by atoms with Gasteiger partial charge in [-0.2, -0.15) is 0 Å². The molecule has 7 nitrogen and oxygen atoms in total. The van der Waals surface area contributed by atoms with E-state index in [1.807, 2.05) is 24.0 Å². The molecule has 0 aliphatic carbocycles. The Labute approximate surface area is 219 Å². The lowest BCUT2D eigenvalue weighted by Gasteiger charge is -2.44. The van der Waals surface area contributed by atoms with Crippen LogP contribution in [0.4, 0.5) is 0 Å². The normalized spacial score (nSPS) is 36.2. The number of ether oxygens (including phenoxy) is 1. The average Bonchev–Trinajstić information content (AvgIpc) is 3.06. The van der Waals surface area contributed by atoms with Crippen molar-refractivity contribution in [2.75, 3.05) is 26.3 Å². The van der Waals surface area contributed by atoms with Gasteiger partial charge in [0.15, 0.2) is 0 Å². The minimum absolute atomic E-state index is 0.00288. The molecule has 1 spiro atoms. The van der Waals surface area contributed by atoms with Gasteiger partial charge in [-0.25, -0.2) is 0 Å². The number of cyclic esters (lactones) is 1. The van der Waals surface area contributed by atoms with Gasteiger partial charge in [-0.15, -0.1) is 11.8 Å². The van der Waals surface area contributed by atoms with Crippen LogP contribution in [0.5, 0.6) is 0 Å². The molecule has 0 aromatic rings. The molecule has 4 heterocycles. The van der Waals surface area contributed by atoms with Crippen molar-refractivity contribution in [2.45, 2.75) is 88.3 Å². The molecule has 0 radical (unpaired) electrons. The lowest BCUT2D eigenvalue weighted by Crippen LogP contribution is -2.59. The van der Waals surface area contributed by atoms with E-state index in [9.17, 15) is 19.5 Å². The van der Waals surface area contributed by atoms with Crippen molar-refractivity contribution < 1.29 is 24.2 Å². The molecule has 4 aliphatic heterocycles. The molecule has 2 amide bonds. The summed E-state index contributed by atoms with van der Waals surface area (Å²) < 4.78 is 4.10. The van der Waals surface area contributed by atoms with Crippen LogP contribution in [-0.2, 0) is 19.1 Å². The van der Waals surface area contributed by atoms with E-state index in [-0.39, 0.29) is 36.4 Å². The molecule has 0 aromatic carbocycles. The summed E-state index contributed by atoms with van der Waals surface area (Å²) in [6, 6.07) is -0.791. The van der Waals surface area contributed by atoms with E-state index < -0.39 is 32.9 Å². The van der Waals surface area contributed by atoms with E-state index >= 15 is 0 Å². The zero-order chi connectivity index (χ0) is 26.5. The Morgan fingerprint density at radius 3 is 2.44 bits per heavy atom. The van der Waals surface area contributed by atoms with Crippen molar-refractivity contribution in [1.29, 1.82) is 0 Å². The zero-order valence-corrected chi connectivity index (χ0v) is 23.4. The molecule has 2 saturated heterocycles. The first-order chi connectivity index (χ1) is 16.8. The molecule has 1 unspecified atom stereocenters. The summed E-state index contributed by atoms with van der Waals surface area (Å²) in [7, 11) is 0. The third kappa shape index (κ3) is 4.53. The maximum Gasteiger partial charge on any atom is 0.311 e. The molecule has 0 bridgehead atoms. The van der Waals surface area contributed by atoms with E-state index in [2.05, 4.69) is 46.8 Å². The number of rotatable bonds is 4. The summed E-state index contributed by atoms with van der Waals surface area (Å²) in [6.07, 6.45) is 11.6. The monoisotopic (exact) mass is 518 g/mol. The van der Waals surface area contributed by atoms with Crippen LogP contribution in [-0.4, -0.2) is 80.1 Å². The van der Waals surface area contributed by atoms with Crippen LogP contribution in [0.15, 0.2) is 24.3 Å². The first-order valence-electron chi connectivity index (χ1n) is 13.2. The highest BCUT2D eigenvalue weighted by Gasteiger charge is 2.74. The first-order valence-corrected chi connectivity index (χ1v) is 14.0. The minimum atomic E-state index is -0.910. The minimum Gasteiger partial charge on any atom is -0.465 e. The number of allylic oxidation sites excluding steroid dienone is 1. The van der Waals surface area contributed by atoms with E-state index in [0.29, 0.717) is 13.2 Å². The summed E-state index contributed by atoms with van der Waals surface area (Å²) in [5, 5.41) is 9.87. The van der Waals surface area contributed by atoms with Crippen molar-refractivity contribution in [3.63, 3.8) is 0 Å². The van der Waals surface area contributed by atoms with Crippen LogP contribution in [0.1, 0.15) is 67.2 Å². The number of hydrogen-bond acceptors (Lipinski definition) is 6. The smallest absolute Gasteiger partial charge is 0.311 e. The Balaban J connectivity index is 1.83. The van der Waals surface area contributed by atoms with Gasteiger partial charge in [-0.3, -0.25) is 14.4 Å². The number of aliphatic hydroxyl groups excluding tert-OH is 1. The predicted octanol–water partition coefficient (Wildman–Crippen LogP) is 3.56. The van der Waals surface area contributed by atoms with Crippen LogP contribution < -0.4 is 0 Å². The number of esters is 1. The lowest BCUT2D eigenvalue weighted by molar-refractivity contribution is -0.154. The molecule has 200 valence electrons. The van der Waals surface area contributed by atoms with Crippen molar-refractivity contribution in [2.24, 2.45) is 17.3 Å². The molecule has 36 heavy (non-hydrogen) atoms. The molecule has 8 heteroatoms. The standard InChI is InChI=1S/C28H42N2O5S/c1-25(2,3)18-26(4,5)30-14-11-13-28-19(22(32)29(15-16-31)21(28)23(30)33)20-24(34)35-17-10-8-7-9-12-27(20,6)36-28/h9,11-13,19-21,31H,7-8,10,14-18H2,1-6H3/b12-9-/t19-,20-,21?,27+,28-/m0/s1. The third-order valence-electron chi connectivity index (χ3n) is 8.03. The fourth-order valence-electron chi connectivity index (χ4n) is 7.08. The van der Waals surface area contributed by atoms with E-state index in [4.69, 9.17) is 4.74 Å². The number of nitrogens with zero attached hydrogens (tertiary/aromatic N) is 2. The van der Waals surface area contributed by atoms with Gasteiger partial charge in [0.05, 0.1) is 29.8 Å². The number of amides is 2. The van der Waals surface area contributed by atoms with Crippen LogP contribution in [0.3, 0.4) is 0 Å². The highest BCUT2D eigenvalue weighted by atomic mass is 32.2. The number of carbonyl (C=O) groups excluding carboxylic acids is 3. The van der Waals surface area contributed by atoms with E-state index in [1.165, 1.54) is 4.90 Å². The van der Waals surface area contributed by atoms with Gasteiger partial charge in [0.25, 0.3) is 0 Å². The van der Waals surface area contributed by atoms with Crippen molar-refractivity contribution >= 4 is 29.5 Å². The molecule has 4 rings (SSSR count). The number of β-amino-alcohol motifs (C(OH)–C–C–N with tert-alkyl or cyclic N) is 1. The molecule has 4 aliphatic rings. The molecule has 5 atom stereocenters. The summed E-state index contributed by atoms with van der Waals surface area (Å²) in [5.74, 6) is -2.16. The number of thioether (sulfide) groups is 1. The van der Waals surface area contributed by atoms with Crippen LogP contribution in [0.2, 0.25) is 0 Å². The van der Waals surface area contributed by atoms with Gasteiger partial charge in [-0.1, -0.05) is 45.1 Å². The second-order valence-corrected chi connectivity index (χ2v) is 14.5. The topological polar surface area (TPSA) is 87.2 Å². The molecule has 0 saturated carbocycles. The Kier molecular flexibility index (Phi) is 7.19. The second-order valence-electron chi connectivity index (χ2n) is 12.7. The van der Waals surface area contributed by atoms with Gasteiger partial charge in [0.1, 0.15) is 6.04 Å². The molecular formula is C28H42N2O5S. The molecule has 1 N–H and O–H groups in total. The molecule has 2 fully saturated rings. The number of hydrogen-bond donors (Lipinski definition) is 1. The Bertz CT molecular complexity index is 969.